The minimum Gasteiger partial charge on any atom is -0.790 e. The molecular weight excluding hydrogens is 325 g/mol. The summed E-state index contributed by atoms with van der Waals surface area (Å²) in [5.41, 5.74) is -1.64. The molecule has 2 heterocycles. The second-order valence-corrected chi connectivity index (χ2v) is 5.64. The number of rotatable bonds is 4. The summed E-state index contributed by atoms with van der Waals surface area (Å²) in [5, 5.41) is 36.1. The first kappa shape index (κ1) is 16.8. The van der Waals surface area contributed by atoms with Crippen molar-refractivity contribution in [3.05, 3.63) is 28.2 Å². The monoisotopic (exact) mass is 337 g/mol. The zero-order valence-electron chi connectivity index (χ0n) is 10.8. The van der Waals surface area contributed by atoms with Crippen molar-refractivity contribution in [2.75, 3.05) is 6.61 Å². The molecule has 2 rings (SSSR count). The topological polar surface area (TPSA) is 193 Å². The van der Waals surface area contributed by atoms with Gasteiger partial charge in [0, 0.05) is 12.3 Å². The molecule has 12 nitrogen and oxygen atoms in total. The van der Waals surface area contributed by atoms with E-state index in [1.165, 1.54) is 0 Å². The van der Waals surface area contributed by atoms with Gasteiger partial charge in [-0.15, -0.1) is 4.73 Å². The van der Waals surface area contributed by atoms with Gasteiger partial charge in [0.1, 0.15) is 18.3 Å². The smallest absolute Gasteiger partial charge is 0.365 e. The van der Waals surface area contributed by atoms with Gasteiger partial charge in [-0.2, -0.15) is 0 Å². The summed E-state index contributed by atoms with van der Waals surface area (Å²) in [6.07, 6.45) is -5.10. The van der Waals surface area contributed by atoms with Crippen LogP contribution in [0.15, 0.2) is 17.1 Å². The SMILES string of the molecule is N=c1ccn([C@@H]2O[C@H](COP(=O)([O-])[O-])[C@@H](O)[C@H]2O)c(=O)n1O. The lowest BCUT2D eigenvalue weighted by atomic mass is 10.1. The average molecular weight is 337 g/mol. The molecule has 1 fully saturated rings. The zero-order chi connectivity index (χ0) is 16.7. The Labute approximate surface area is 122 Å². The maximum Gasteiger partial charge on any atom is 0.365 e. The third-order valence-electron chi connectivity index (χ3n) is 3.03. The molecule has 1 aliphatic heterocycles. The Kier molecular flexibility index (Phi) is 4.54. The van der Waals surface area contributed by atoms with E-state index in [1.54, 1.807) is 0 Å². The standard InChI is InChI=1S/C9H14N3O9P/c10-5-1-2-11(9(15)12(5)16)8-7(14)6(13)4(21-8)3-20-22(17,18)19/h1-2,4,6-8,10,13-14,16H,3H2,(H2,17,18,19)/p-2/t4-,6-,7-,8-/m1/s1. The van der Waals surface area contributed by atoms with Gasteiger partial charge in [0.25, 0.3) is 0 Å². The van der Waals surface area contributed by atoms with Gasteiger partial charge in [-0.3, -0.25) is 9.98 Å². The van der Waals surface area contributed by atoms with Crippen molar-refractivity contribution in [3.63, 3.8) is 0 Å². The lowest BCUT2D eigenvalue weighted by Crippen LogP contribution is -2.42. The lowest BCUT2D eigenvalue weighted by molar-refractivity contribution is -0.343. The van der Waals surface area contributed by atoms with Crippen molar-refractivity contribution in [2.45, 2.75) is 24.5 Å². The summed E-state index contributed by atoms with van der Waals surface area (Å²) in [7, 11) is -5.29. The number of nitrogens with one attached hydrogen (secondary N) is 1. The summed E-state index contributed by atoms with van der Waals surface area (Å²) < 4.78 is 20.1. The summed E-state index contributed by atoms with van der Waals surface area (Å²) in [4.78, 5) is 32.6. The van der Waals surface area contributed by atoms with E-state index >= 15 is 0 Å². The van der Waals surface area contributed by atoms with Gasteiger partial charge in [-0.1, -0.05) is 0 Å². The van der Waals surface area contributed by atoms with E-state index in [1.807, 2.05) is 0 Å². The summed E-state index contributed by atoms with van der Waals surface area (Å²) >= 11 is 0. The third-order valence-corrected chi connectivity index (χ3v) is 3.50. The fraction of sp³-hybridized carbons (Fsp3) is 0.556. The van der Waals surface area contributed by atoms with E-state index in [9.17, 15) is 34.6 Å². The van der Waals surface area contributed by atoms with Crippen LogP contribution in [0.4, 0.5) is 0 Å². The van der Waals surface area contributed by atoms with E-state index in [-0.39, 0.29) is 4.73 Å². The molecule has 22 heavy (non-hydrogen) atoms. The van der Waals surface area contributed by atoms with Gasteiger partial charge >= 0.3 is 5.69 Å². The summed E-state index contributed by atoms with van der Waals surface area (Å²) in [6, 6.07) is 1.02. The molecule has 4 atom stereocenters. The number of ether oxygens (including phenoxy) is 1. The number of hydrogen-bond donors (Lipinski definition) is 4. The van der Waals surface area contributed by atoms with Gasteiger partial charge in [-0.25, -0.2) is 4.79 Å². The number of hydrogen-bond acceptors (Lipinski definition) is 10. The predicted octanol–water partition coefficient (Wildman–Crippen LogP) is -4.17. The Balaban J connectivity index is 2.24. The van der Waals surface area contributed by atoms with Gasteiger partial charge in [-0.05, 0) is 0 Å². The van der Waals surface area contributed by atoms with Crippen molar-refractivity contribution in [3.8, 4) is 0 Å². The maximum atomic E-state index is 11.8. The first-order valence-corrected chi connectivity index (χ1v) is 7.34. The molecule has 0 unspecified atom stereocenters. The van der Waals surface area contributed by atoms with Crippen LogP contribution < -0.4 is 21.0 Å². The third kappa shape index (κ3) is 3.28. The summed E-state index contributed by atoms with van der Waals surface area (Å²) in [6.45, 7) is -0.844. The van der Waals surface area contributed by atoms with Crippen molar-refractivity contribution in [1.82, 2.24) is 9.30 Å². The molecule has 1 aromatic rings. The van der Waals surface area contributed by atoms with Crippen LogP contribution in [0.1, 0.15) is 6.23 Å². The highest BCUT2D eigenvalue weighted by molar-refractivity contribution is 7.43. The van der Waals surface area contributed by atoms with E-state index in [0.29, 0.717) is 4.57 Å². The fourth-order valence-corrected chi connectivity index (χ4v) is 2.28. The van der Waals surface area contributed by atoms with Crippen LogP contribution in [-0.2, 0) is 13.8 Å². The van der Waals surface area contributed by atoms with Crippen LogP contribution in [0.2, 0.25) is 0 Å². The molecule has 0 amide bonds. The molecule has 0 bridgehead atoms. The van der Waals surface area contributed by atoms with E-state index in [4.69, 9.17) is 10.1 Å². The molecular formula is C9H12N3O9P-2. The van der Waals surface area contributed by atoms with Gasteiger partial charge in [0.15, 0.2) is 11.7 Å². The number of phosphoric ester groups is 1. The minimum absolute atomic E-state index is 0.0181. The fourth-order valence-electron chi connectivity index (χ4n) is 1.95. The number of aliphatic hydroxyl groups excluding tert-OH is 2. The van der Waals surface area contributed by atoms with Crippen molar-refractivity contribution in [1.29, 1.82) is 5.41 Å². The quantitative estimate of drug-likeness (QED) is 0.311. The Hall–Kier alpha value is -1.53. The van der Waals surface area contributed by atoms with Gasteiger partial charge < -0.3 is 39.0 Å². The number of aromatic nitrogens is 2. The highest BCUT2D eigenvalue weighted by Gasteiger charge is 2.44. The second-order valence-electron chi connectivity index (χ2n) is 4.49. The number of nitrogens with zero attached hydrogens (tertiary/aromatic N) is 2. The van der Waals surface area contributed by atoms with Crippen LogP contribution in [0.25, 0.3) is 0 Å². The Morgan fingerprint density at radius 2 is 2.05 bits per heavy atom. The second kappa shape index (κ2) is 5.93. The molecule has 124 valence electrons. The Morgan fingerprint density at radius 1 is 1.41 bits per heavy atom. The molecule has 0 aliphatic carbocycles. The minimum atomic E-state index is -5.29. The highest BCUT2D eigenvalue weighted by atomic mass is 31.2. The molecule has 4 N–H and O–H groups in total. The largest absolute Gasteiger partial charge is 0.790 e. The van der Waals surface area contributed by atoms with Gasteiger partial charge in [0.05, 0.1) is 14.4 Å². The van der Waals surface area contributed by atoms with Crippen molar-refractivity contribution in [2.24, 2.45) is 0 Å². The number of phosphoric acid groups is 1. The van der Waals surface area contributed by atoms with E-state index < -0.39 is 50.1 Å². The number of aliphatic hydroxyl groups is 2. The molecule has 1 saturated heterocycles. The molecule has 13 heteroatoms. The van der Waals surface area contributed by atoms with Crippen LogP contribution in [0.3, 0.4) is 0 Å². The molecule has 0 radical (unpaired) electrons. The normalized spacial score (nSPS) is 28.9. The molecule has 1 aliphatic rings. The Morgan fingerprint density at radius 3 is 2.64 bits per heavy atom. The Bertz CT molecular complexity index is 709. The van der Waals surface area contributed by atoms with Crippen LogP contribution in [-0.4, -0.2) is 49.6 Å². The lowest BCUT2D eigenvalue weighted by Gasteiger charge is -2.30. The molecule has 0 aromatic carbocycles. The molecule has 1 aromatic heterocycles. The highest BCUT2D eigenvalue weighted by Crippen LogP contribution is 2.32. The average Bonchev–Trinajstić information content (AvgIpc) is 2.70. The van der Waals surface area contributed by atoms with Crippen molar-refractivity contribution >= 4 is 7.82 Å². The first-order valence-electron chi connectivity index (χ1n) is 5.88. The predicted molar refractivity (Wildman–Crippen MR) is 61.2 cm³/mol. The van der Waals surface area contributed by atoms with Crippen molar-refractivity contribution < 1.29 is 39.0 Å². The van der Waals surface area contributed by atoms with Crippen LogP contribution in [0, 0.1) is 5.41 Å². The zero-order valence-corrected chi connectivity index (χ0v) is 11.7. The molecule has 0 spiro atoms. The maximum absolute atomic E-state index is 11.8. The van der Waals surface area contributed by atoms with Crippen LogP contribution >= 0.6 is 7.82 Å². The summed E-state index contributed by atoms with van der Waals surface area (Å²) in [5.74, 6) is 0. The van der Waals surface area contributed by atoms with E-state index in [2.05, 4.69) is 4.52 Å². The first-order chi connectivity index (χ1) is 10.1. The van der Waals surface area contributed by atoms with Gasteiger partial charge in [0.2, 0.25) is 0 Å². The van der Waals surface area contributed by atoms with E-state index in [0.717, 1.165) is 12.3 Å². The van der Waals surface area contributed by atoms with Crippen LogP contribution in [0.5, 0.6) is 0 Å². The molecule has 0 saturated carbocycles.